The summed E-state index contributed by atoms with van der Waals surface area (Å²) >= 11 is 0. The van der Waals surface area contributed by atoms with Crippen LogP contribution in [0.3, 0.4) is 0 Å². The smallest absolute Gasteiger partial charge is 0.252 e. The Labute approximate surface area is 90.4 Å². The van der Waals surface area contributed by atoms with E-state index in [0.717, 1.165) is 30.9 Å². The summed E-state index contributed by atoms with van der Waals surface area (Å²) in [7, 11) is 1.94. The topological polar surface area (TPSA) is 30.5 Å². The molecule has 0 saturated heterocycles. The van der Waals surface area contributed by atoms with Crippen LogP contribution in [0.1, 0.15) is 19.8 Å². The largest absolute Gasteiger partial charge is 0.448 e. The van der Waals surface area contributed by atoms with Crippen molar-refractivity contribution in [3.63, 3.8) is 0 Å². The van der Waals surface area contributed by atoms with Gasteiger partial charge in [-0.2, -0.15) is 0 Å². The molecule has 0 radical (unpaired) electrons. The first-order valence-electron chi connectivity index (χ1n) is 5.41. The van der Waals surface area contributed by atoms with Crippen molar-refractivity contribution in [2.24, 2.45) is 0 Å². The summed E-state index contributed by atoms with van der Waals surface area (Å²) in [6.07, 6.45) is 1.71. The Morgan fingerprint density at radius 2 is 1.80 bits per heavy atom. The average molecular weight is 207 g/mol. The standard InChI is InChI=1S/C12H17NO2/c1-3-12(8-9-13-2)14-10-6-4-5-7-11(10)15-12/h4-7,13H,3,8-9H2,1-2H3. The molecule has 1 heterocycles. The maximum absolute atomic E-state index is 5.88. The fraction of sp³-hybridized carbons (Fsp3) is 0.500. The van der Waals surface area contributed by atoms with Crippen molar-refractivity contribution in [2.75, 3.05) is 13.6 Å². The highest BCUT2D eigenvalue weighted by molar-refractivity contribution is 5.42. The number of rotatable bonds is 4. The van der Waals surface area contributed by atoms with Crippen LogP contribution in [0.25, 0.3) is 0 Å². The van der Waals surface area contributed by atoms with Crippen LogP contribution in [0.2, 0.25) is 0 Å². The predicted molar refractivity (Wildman–Crippen MR) is 59.3 cm³/mol. The van der Waals surface area contributed by atoms with Crippen molar-refractivity contribution in [3.05, 3.63) is 24.3 Å². The lowest BCUT2D eigenvalue weighted by atomic mass is 10.1. The number of nitrogens with one attached hydrogen (secondary N) is 1. The van der Waals surface area contributed by atoms with E-state index in [4.69, 9.17) is 9.47 Å². The SMILES string of the molecule is CCC1(CCNC)Oc2ccccc2O1. The third kappa shape index (κ3) is 1.92. The van der Waals surface area contributed by atoms with Crippen LogP contribution in [0.15, 0.2) is 24.3 Å². The molecule has 0 unspecified atom stereocenters. The van der Waals surface area contributed by atoms with Crippen LogP contribution >= 0.6 is 0 Å². The second-order valence-corrected chi connectivity index (χ2v) is 3.77. The number of para-hydroxylation sites is 2. The van der Waals surface area contributed by atoms with Gasteiger partial charge in [0.25, 0.3) is 5.79 Å². The van der Waals surface area contributed by atoms with Crippen molar-refractivity contribution >= 4 is 0 Å². The maximum atomic E-state index is 5.88. The van der Waals surface area contributed by atoms with Gasteiger partial charge in [-0.1, -0.05) is 19.1 Å². The zero-order chi connectivity index (χ0) is 10.7. The second kappa shape index (κ2) is 4.11. The first-order chi connectivity index (χ1) is 7.29. The van der Waals surface area contributed by atoms with Gasteiger partial charge in [0.05, 0.1) is 0 Å². The molecule has 0 bridgehead atoms. The Balaban J connectivity index is 2.14. The Morgan fingerprint density at radius 1 is 1.20 bits per heavy atom. The van der Waals surface area contributed by atoms with E-state index >= 15 is 0 Å². The van der Waals surface area contributed by atoms with Crippen LogP contribution in [0.4, 0.5) is 0 Å². The molecule has 0 aliphatic carbocycles. The number of ether oxygens (including phenoxy) is 2. The molecule has 3 nitrogen and oxygen atoms in total. The number of hydrogen-bond acceptors (Lipinski definition) is 3. The number of hydrogen-bond donors (Lipinski definition) is 1. The lowest BCUT2D eigenvalue weighted by Crippen LogP contribution is -2.40. The summed E-state index contributed by atoms with van der Waals surface area (Å²) in [5.74, 6) is 1.25. The molecule has 2 rings (SSSR count). The van der Waals surface area contributed by atoms with Gasteiger partial charge in [-0.05, 0) is 19.2 Å². The fourth-order valence-corrected chi connectivity index (χ4v) is 1.78. The maximum Gasteiger partial charge on any atom is 0.252 e. The van der Waals surface area contributed by atoms with Crippen molar-refractivity contribution in [2.45, 2.75) is 25.6 Å². The zero-order valence-electron chi connectivity index (χ0n) is 9.25. The highest BCUT2D eigenvalue weighted by atomic mass is 16.7. The third-order valence-corrected chi connectivity index (χ3v) is 2.74. The summed E-state index contributed by atoms with van der Waals surface area (Å²) in [6, 6.07) is 7.83. The van der Waals surface area contributed by atoms with E-state index < -0.39 is 5.79 Å². The molecule has 1 aromatic carbocycles. The molecule has 1 aliphatic heterocycles. The molecule has 1 aromatic rings. The summed E-state index contributed by atoms with van der Waals surface area (Å²) in [4.78, 5) is 0. The van der Waals surface area contributed by atoms with Gasteiger partial charge in [0.15, 0.2) is 11.5 Å². The first-order valence-corrected chi connectivity index (χ1v) is 5.41. The van der Waals surface area contributed by atoms with Gasteiger partial charge in [0.2, 0.25) is 0 Å². The third-order valence-electron chi connectivity index (χ3n) is 2.74. The zero-order valence-corrected chi connectivity index (χ0v) is 9.25. The number of benzene rings is 1. The van der Waals surface area contributed by atoms with Gasteiger partial charge in [-0.3, -0.25) is 0 Å². The Bertz CT molecular complexity index is 313. The van der Waals surface area contributed by atoms with E-state index in [9.17, 15) is 0 Å². The first kappa shape index (κ1) is 10.3. The minimum absolute atomic E-state index is 0.466. The van der Waals surface area contributed by atoms with Crippen LogP contribution in [-0.2, 0) is 0 Å². The van der Waals surface area contributed by atoms with E-state index in [1.807, 2.05) is 31.3 Å². The molecule has 82 valence electrons. The van der Waals surface area contributed by atoms with E-state index in [2.05, 4.69) is 12.2 Å². The Kier molecular flexibility index (Phi) is 2.82. The number of fused-ring (bicyclic) bond motifs is 1. The van der Waals surface area contributed by atoms with Crippen LogP contribution in [0.5, 0.6) is 11.5 Å². The average Bonchev–Trinajstić information content (AvgIpc) is 2.65. The molecule has 0 spiro atoms. The molecule has 3 heteroatoms. The molecular formula is C12H17NO2. The molecule has 15 heavy (non-hydrogen) atoms. The summed E-state index contributed by atoms with van der Waals surface area (Å²) in [5, 5.41) is 3.12. The highest BCUT2D eigenvalue weighted by Gasteiger charge is 2.38. The van der Waals surface area contributed by atoms with Crippen molar-refractivity contribution < 1.29 is 9.47 Å². The van der Waals surface area contributed by atoms with Gasteiger partial charge < -0.3 is 14.8 Å². The lowest BCUT2D eigenvalue weighted by molar-refractivity contribution is -0.0871. The second-order valence-electron chi connectivity index (χ2n) is 3.77. The minimum atomic E-state index is -0.466. The van der Waals surface area contributed by atoms with Gasteiger partial charge in [0, 0.05) is 19.4 Å². The van der Waals surface area contributed by atoms with Crippen molar-refractivity contribution in [1.82, 2.24) is 5.32 Å². The molecule has 1 aliphatic rings. The lowest BCUT2D eigenvalue weighted by Gasteiger charge is -2.26. The van der Waals surface area contributed by atoms with Crippen LogP contribution < -0.4 is 14.8 Å². The van der Waals surface area contributed by atoms with Crippen LogP contribution in [-0.4, -0.2) is 19.4 Å². The van der Waals surface area contributed by atoms with E-state index in [0.29, 0.717) is 0 Å². The molecule has 0 aromatic heterocycles. The van der Waals surface area contributed by atoms with E-state index in [1.54, 1.807) is 0 Å². The highest BCUT2D eigenvalue weighted by Crippen LogP contribution is 2.41. The minimum Gasteiger partial charge on any atom is -0.448 e. The van der Waals surface area contributed by atoms with Crippen molar-refractivity contribution in [3.8, 4) is 11.5 Å². The molecule has 0 saturated carbocycles. The molecule has 1 N–H and O–H groups in total. The van der Waals surface area contributed by atoms with Gasteiger partial charge in [0.1, 0.15) is 0 Å². The van der Waals surface area contributed by atoms with Gasteiger partial charge >= 0.3 is 0 Å². The molecule has 0 amide bonds. The van der Waals surface area contributed by atoms with Gasteiger partial charge in [-0.15, -0.1) is 0 Å². The molecule has 0 fully saturated rings. The van der Waals surface area contributed by atoms with E-state index in [1.165, 1.54) is 0 Å². The molecule has 0 atom stereocenters. The fourth-order valence-electron chi connectivity index (χ4n) is 1.78. The van der Waals surface area contributed by atoms with Crippen LogP contribution in [0, 0.1) is 0 Å². The molecular weight excluding hydrogens is 190 g/mol. The van der Waals surface area contributed by atoms with E-state index in [-0.39, 0.29) is 0 Å². The summed E-state index contributed by atoms with van der Waals surface area (Å²) < 4.78 is 11.8. The summed E-state index contributed by atoms with van der Waals surface area (Å²) in [6.45, 7) is 2.98. The Hall–Kier alpha value is -1.22. The monoisotopic (exact) mass is 207 g/mol. The normalized spacial score (nSPS) is 16.7. The quantitative estimate of drug-likeness (QED) is 0.820. The Morgan fingerprint density at radius 3 is 2.27 bits per heavy atom. The summed E-state index contributed by atoms with van der Waals surface area (Å²) in [5.41, 5.74) is 0. The predicted octanol–water partition coefficient (Wildman–Crippen LogP) is 2.17. The van der Waals surface area contributed by atoms with Gasteiger partial charge in [-0.25, -0.2) is 0 Å². The van der Waals surface area contributed by atoms with Crippen molar-refractivity contribution in [1.29, 1.82) is 0 Å².